The zero-order chi connectivity index (χ0) is 17.6. The molecule has 25 heavy (non-hydrogen) atoms. The molecule has 126 valence electrons. The predicted molar refractivity (Wildman–Crippen MR) is 98.4 cm³/mol. The molecule has 0 saturated carbocycles. The fraction of sp³-hybridized carbons (Fsp3) is 0.200. The maximum absolute atomic E-state index is 9.54. The molecule has 3 aromatic rings. The van der Waals surface area contributed by atoms with Crippen LogP contribution in [0.4, 0.5) is 0 Å². The van der Waals surface area contributed by atoms with E-state index in [-0.39, 0.29) is 0 Å². The number of para-hydroxylation sites is 2. The Morgan fingerprint density at radius 3 is 2.60 bits per heavy atom. The molecule has 0 unspecified atom stereocenters. The smallest absolute Gasteiger partial charge is 0.161 e. The number of aromatic nitrogens is 2. The van der Waals surface area contributed by atoms with Gasteiger partial charge < -0.3 is 14.5 Å². The van der Waals surface area contributed by atoms with E-state index < -0.39 is 0 Å². The molecule has 0 atom stereocenters. The van der Waals surface area contributed by atoms with Gasteiger partial charge in [0, 0.05) is 0 Å². The van der Waals surface area contributed by atoms with Crippen molar-refractivity contribution in [3.8, 4) is 17.6 Å². The normalized spacial score (nSPS) is 11.3. The molecule has 1 aromatic heterocycles. The largest absolute Gasteiger partial charge is 0.490 e. The Morgan fingerprint density at radius 1 is 1.12 bits per heavy atom. The molecular weight excluding hydrogens is 314 g/mol. The molecule has 0 bridgehead atoms. The maximum Gasteiger partial charge on any atom is 0.161 e. The van der Waals surface area contributed by atoms with Crippen molar-refractivity contribution in [1.82, 2.24) is 9.97 Å². The number of nitriles is 1. The van der Waals surface area contributed by atoms with Gasteiger partial charge in [0.05, 0.1) is 29.8 Å². The van der Waals surface area contributed by atoms with E-state index in [0.29, 0.717) is 36.1 Å². The number of nitrogens with one attached hydrogen (secondary N) is 1. The lowest BCUT2D eigenvalue weighted by Crippen LogP contribution is -1.98. The van der Waals surface area contributed by atoms with Crippen LogP contribution in [0, 0.1) is 11.3 Å². The van der Waals surface area contributed by atoms with Crippen LogP contribution in [0.1, 0.15) is 25.2 Å². The molecule has 1 N–H and O–H groups in total. The summed E-state index contributed by atoms with van der Waals surface area (Å²) in [5.74, 6) is 1.92. The van der Waals surface area contributed by atoms with Crippen molar-refractivity contribution in [3.05, 3.63) is 53.9 Å². The van der Waals surface area contributed by atoms with Gasteiger partial charge in [0.15, 0.2) is 11.5 Å². The first-order chi connectivity index (χ1) is 12.2. The molecule has 0 spiro atoms. The molecule has 5 heteroatoms. The maximum atomic E-state index is 9.54. The van der Waals surface area contributed by atoms with Crippen molar-refractivity contribution >= 4 is 22.7 Å². The van der Waals surface area contributed by atoms with Crippen LogP contribution in [-0.2, 0) is 0 Å². The lowest BCUT2D eigenvalue weighted by molar-refractivity contribution is 0.287. The summed E-state index contributed by atoms with van der Waals surface area (Å²) in [6, 6.07) is 15.5. The number of rotatable bonds is 6. The predicted octanol–water partition coefficient (Wildman–Crippen LogP) is 4.42. The molecule has 3 rings (SSSR count). The first-order valence-electron chi connectivity index (χ1n) is 8.21. The van der Waals surface area contributed by atoms with Gasteiger partial charge in [-0.25, -0.2) is 4.98 Å². The lowest BCUT2D eigenvalue weighted by Gasteiger charge is -2.11. The van der Waals surface area contributed by atoms with Crippen LogP contribution >= 0.6 is 0 Å². The third kappa shape index (κ3) is 3.64. The molecule has 0 radical (unpaired) electrons. The number of imidazole rings is 1. The van der Waals surface area contributed by atoms with Gasteiger partial charge in [-0.1, -0.05) is 18.2 Å². The van der Waals surface area contributed by atoms with Gasteiger partial charge in [-0.2, -0.15) is 5.26 Å². The Balaban J connectivity index is 1.99. The summed E-state index contributed by atoms with van der Waals surface area (Å²) in [5.41, 5.74) is 3.05. The van der Waals surface area contributed by atoms with Crippen molar-refractivity contribution in [2.45, 2.75) is 13.8 Å². The van der Waals surface area contributed by atoms with Crippen LogP contribution in [0.5, 0.6) is 11.5 Å². The van der Waals surface area contributed by atoms with E-state index in [0.717, 1.165) is 16.6 Å². The average molecular weight is 333 g/mol. The van der Waals surface area contributed by atoms with Crippen molar-refractivity contribution in [3.63, 3.8) is 0 Å². The fourth-order valence-electron chi connectivity index (χ4n) is 2.56. The molecule has 0 saturated heterocycles. The van der Waals surface area contributed by atoms with Gasteiger partial charge in [-0.15, -0.1) is 0 Å². The number of nitrogens with zero attached hydrogens (tertiary/aromatic N) is 2. The van der Waals surface area contributed by atoms with E-state index in [1.807, 2.05) is 56.3 Å². The fourth-order valence-corrected chi connectivity index (χ4v) is 2.56. The summed E-state index contributed by atoms with van der Waals surface area (Å²) in [5, 5.41) is 9.54. The Morgan fingerprint density at radius 2 is 1.88 bits per heavy atom. The second-order valence-corrected chi connectivity index (χ2v) is 5.34. The molecule has 0 amide bonds. The summed E-state index contributed by atoms with van der Waals surface area (Å²) in [7, 11) is 0. The summed E-state index contributed by atoms with van der Waals surface area (Å²) in [4.78, 5) is 7.66. The number of H-pyrrole nitrogens is 1. The van der Waals surface area contributed by atoms with E-state index in [1.165, 1.54) is 0 Å². The number of benzene rings is 2. The third-order valence-corrected chi connectivity index (χ3v) is 3.64. The zero-order valence-corrected chi connectivity index (χ0v) is 14.2. The minimum Gasteiger partial charge on any atom is -0.490 e. The SMILES string of the molecule is CCOc1ccc(/C=C(\C#N)c2nc3ccccc3[nH]2)cc1OCC. The average Bonchev–Trinajstić information content (AvgIpc) is 3.06. The highest BCUT2D eigenvalue weighted by Gasteiger charge is 2.10. The first kappa shape index (κ1) is 16.6. The molecule has 2 aromatic carbocycles. The van der Waals surface area contributed by atoms with Gasteiger partial charge in [0.25, 0.3) is 0 Å². The van der Waals surface area contributed by atoms with Crippen molar-refractivity contribution in [1.29, 1.82) is 5.26 Å². The number of ether oxygens (including phenoxy) is 2. The third-order valence-electron chi connectivity index (χ3n) is 3.64. The number of hydrogen-bond donors (Lipinski definition) is 1. The molecule has 0 fully saturated rings. The van der Waals surface area contributed by atoms with E-state index >= 15 is 0 Å². The summed E-state index contributed by atoms with van der Waals surface area (Å²) >= 11 is 0. The molecule has 0 aliphatic carbocycles. The van der Waals surface area contributed by atoms with E-state index in [2.05, 4.69) is 16.0 Å². The summed E-state index contributed by atoms with van der Waals surface area (Å²) in [6.45, 7) is 4.96. The highest BCUT2D eigenvalue weighted by Crippen LogP contribution is 2.30. The van der Waals surface area contributed by atoms with E-state index in [4.69, 9.17) is 9.47 Å². The zero-order valence-electron chi connectivity index (χ0n) is 14.2. The number of hydrogen-bond acceptors (Lipinski definition) is 4. The van der Waals surface area contributed by atoms with Crippen LogP contribution in [0.3, 0.4) is 0 Å². The molecule has 0 aliphatic heterocycles. The number of allylic oxidation sites excluding steroid dienone is 1. The molecule has 1 heterocycles. The summed E-state index contributed by atoms with van der Waals surface area (Å²) < 4.78 is 11.2. The van der Waals surface area contributed by atoms with Gasteiger partial charge >= 0.3 is 0 Å². The van der Waals surface area contributed by atoms with E-state index in [9.17, 15) is 5.26 Å². The minimum absolute atomic E-state index is 0.461. The Kier molecular flexibility index (Phi) is 5.00. The number of aromatic amines is 1. The Bertz CT molecular complexity index is 918. The van der Waals surface area contributed by atoms with Crippen LogP contribution in [0.15, 0.2) is 42.5 Å². The molecular formula is C20H19N3O2. The summed E-state index contributed by atoms with van der Waals surface area (Å²) in [6.07, 6.45) is 1.79. The second kappa shape index (κ2) is 7.54. The van der Waals surface area contributed by atoms with Gasteiger partial charge in [0.2, 0.25) is 0 Å². The minimum atomic E-state index is 0.461. The highest BCUT2D eigenvalue weighted by molar-refractivity contribution is 5.90. The van der Waals surface area contributed by atoms with Gasteiger partial charge in [-0.05, 0) is 49.8 Å². The van der Waals surface area contributed by atoms with Gasteiger partial charge in [-0.3, -0.25) is 0 Å². The van der Waals surface area contributed by atoms with Crippen molar-refractivity contribution < 1.29 is 9.47 Å². The highest BCUT2D eigenvalue weighted by atomic mass is 16.5. The quantitative estimate of drug-likeness (QED) is 0.678. The van der Waals surface area contributed by atoms with Crippen LogP contribution in [-0.4, -0.2) is 23.2 Å². The van der Waals surface area contributed by atoms with Crippen molar-refractivity contribution in [2.75, 3.05) is 13.2 Å². The van der Waals surface area contributed by atoms with Crippen LogP contribution < -0.4 is 9.47 Å². The van der Waals surface area contributed by atoms with Crippen molar-refractivity contribution in [2.24, 2.45) is 0 Å². The van der Waals surface area contributed by atoms with Crippen LogP contribution in [0.25, 0.3) is 22.7 Å². The number of fused-ring (bicyclic) bond motifs is 1. The Labute approximate surface area is 146 Å². The van der Waals surface area contributed by atoms with Gasteiger partial charge in [0.1, 0.15) is 11.9 Å². The van der Waals surface area contributed by atoms with E-state index in [1.54, 1.807) is 6.08 Å². The molecule has 0 aliphatic rings. The molecule has 5 nitrogen and oxygen atoms in total. The first-order valence-corrected chi connectivity index (χ1v) is 8.21. The Hall–Kier alpha value is -3.26. The lowest BCUT2D eigenvalue weighted by atomic mass is 10.1. The monoisotopic (exact) mass is 333 g/mol. The topological polar surface area (TPSA) is 70.9 Å². The van der Waals surface area contributed by atoms with Crippen LogP contribution in [0.2, 0.25) is 0 Å². The standard InChI is InChI=1S/C20H19N3O2/c1-3-24-18-10-9-14(12-19(18)25-4-2)11-15(13-21)20-22-16-7-5-6-8-17(16)23-20/h5-12H,3-4H2,1-2H3,(H,22,23)/b15-11+. The second-order valence-electron chi connectivity index (χ2n) is 5.34.